The van der Waals surface area contributed by atoms with E-state index in [-0.39, 0.29) is 17.7 Å². The molecule has 0 bridgehead atoms. The van der Waals surface area contributed by atoms with E-state index in [1.807, 2.05) is 36.2 Å². The fourth-order valence-corrected chi connectivity index (χ4v) is 6.62. The van der Waals surface area contributed by atoms with Gasteiger partial charge in [-0.15, -0.1) is 0 Å². The zero-order valence-electron chi connectivity index (χ0n) is 24.0. The maximum atomic E-state index is 13.4. The number of hydrogen-bond acceptors (Lipinski definition) is 7. The number of ether oxygens (including phenoxy) is 1. The topological polar surface area (TPSA) is 78.9 Å². The number of fused-ring (bicyclic) bond motifs is 1. The molecule has 8 heteroatoms. The molecular formula is C31H43N5O3. The van der Waals surface area contributed by atoms with Crippen LogP contribution < -0.4 is 14.5 Å². The molecule has 2 aromatic rings. The summed E-state index contributed by atoms with van der Waals surface area (Å²) < 4.78 is 5.73. The summed E-state index contributed by atoms with van der Waals surface area (Å²) in [6, 6.07) is 5.93. The largest absolute Gasteiger partial charge is 0.496 e. The van der Waals surface area contributed by atoms with Crippen molar-refractivity contribution in [3.63, 3.8) is 0 Å². The van der Waals surface area contributed by atoms with E-state index in [0.29, 0.717) is 48.5 Å². The van der Waals surface area contributed by atoms with Crippen LogP contribution in [0.1, 0.15) is 87.0 Å². The highest BCUT2D eigenvalue weighted by atomic mass is 16.5. The lowest BCUT2D eigenvalue weighted by atomic mass is 9.89. The van der Waals surface area contributed by atoms with Gasteiger partial charge >= 0.3 is 0 Å². The molecule has 3 heterocycles. The first-order valence-corrected chi connectivity index (χ1v) is 14.8. The number of carbonyl (C=O) groups is 2. The fraction of sp³-hybridized carbons (Fsp3) is 0.613. The first kappa shape index (κ1) is 27.6. The predicted octanol–water partition coefficient (Wildman–Crippen LogP) is 4.88. The number of nitrogens with zero attached hydrogens (tertiary/aromatic N) is 5. The Hall–Kier alpha value is -3.00. The van der Waals surface area contributed by atoms with Gasteiger partial charge in [-0.05, 0) is 71.1 Å². The molecule has 39 heavy (non-hydrogen) atoms. The number of likely N-dealkylation sites (N-methyl/N-ethyl adjacent to an activating group) is 1. The highest BCUT2D eigenvalue weighted by Crippen LogP contribution is 2.40. The molecule has 0 radical (unpaired) electrons. The minimum Gasteiger partial charge on any atom is -0.496 e. The highest BCUT2D eigenvalue weighted by molar-refractivity contribution is 6.04. The molecule has 210 valence electrons. The Balaban J connectivity index is 1.39. The predicted molar refractivity (Wildman–Crippen MR) is 154 cm³/mol. The molecule has 1 amide bonds. The second-order valence-corrected chi connectivity index (χ2v) is 11.4. The van der Waals surface area contributed by atoms with Crippen LogP contribution in [0.2, 0.25) is 0 Å². The number of rotatable bonds is 9. The van der Waals surface area contributed by atoms with E-state index in [1.54, 1.807) is 7.11 Å². The molecule has 5 rings (SSSR count). The average molecular weight is 534 g/mol. The smallest absolute Gasteiger partial charge is 0.249 e. The van der Waals surface area contributed by atoms with E-state index in [9.17, 15) is 9.59 Å². The summed E-state index contributed by atoms with van der Waals surface area (Å²) >= 11 is 0. The van der Waals surface area contributed by atoms with Crippen molar-refractivity contribution in [3.05, 3.63) is 41.3 Å². The number of Topliss-reactive ketones (excluding diaryl/α,β-unsaturated/α-hetero) is 1. The van der Waals surface area contributed by atoms with Gasteiger partial charge in [0.15, 0.2) is 11.6 Å². The normalized spacial score (nSPS) is 20.9. The molecule has 3 aliphatic rings. The number of amides is 1. The molecule has 1 saturated heterocycles. The monoisotopic (exact) mass is 533 g/mol. The average Bonchev–Trinajstić information content (AvgIpc) is 3.48. The van der Waals surface area contributed by atoms with E-state index >= 15 is 0 Å². The Labute approximate surface area is 232 Å². The van der Waals surface area contributed by atoms with Gasteiger partial charge < -0.3 is 19.4 Å². The van der Waals surface area contributed by atoms with Gasteiger partial charge in [-0.3, -0.25) is 9.59 Å². The van der Waals surface area contributed by atoms with Gasteiger partial charge in [0.25, 0.3) is 0 Å². The third-order valence-corrected chi connectivity index (χ3v) is 8.91. The Bertz CT molecular complexity index is 1190. The van der Waals surface area contributed by atoms with Gasteiger partial charge in [-0.1, -0.05) is 31.9 Å². The summed E-state index contributed by atoms with van der Waals surface area (Å²) in [4.78, 5) is 42.7. The fourth-order valence-electron chi connectivity index (χ4n) is 6.62. The van der Waals surface area contributed by atoms with Gasteiger partial charge in [-0.2, -0.15) is 0 Å². The third-order valence-electron chi connectivity index (χ3n) is 8.91. The molecule has 0 unspecified atom stereocenters. The Morgan fingerprint density at radius 3 is 2.51 bits per heavy atom. The third kappa shape index (κ3) is 5.67. The first-order chi connectivity index (χ1) is 18.9. The zero-order chi connectivity index (χ0) is 27.5. The van der Waals surface area contributed by atoms with Crippen LogP contribution in [0.5, 0.6) is 5.75 Å². The number of benzene rings is 1. The Morgan fingerprint density at radius 1 is 1.10 bits per heavy atom. The first-order valence-electron chi connectivity index (χ1n) is 14.8. The van der Waals surface area contributed by atoms with Crippen LogP contribution in [0.25, 0.3) is 0 Å². The van der Waals surface area contributed by atoms with E-state index in [0.717, 1.165) is 62.3 Å². The lowest BCUT2D eigenvalue weighted by Gasteiger charge is -2.44. The number of anilines is 2. The summed E-state index contributed by atoms with van der Waals surface area (Å²) in [7, 11) is 3.79. The summed E-state index contributed by atoms with van der Waals surface area (Å²) in [6.45, 7) is 6.81. The van der Waals surface area contributed by atoms with Crippen molar-refractivity contribution in [2.45, 2.75) is 83.7 Å². The van der Waals surface area contributed by atoms with Gasteiger partial charge in [0.05, 0.1) is 13.3 Å². The lowest BCUT2D eigenvalue weighted by molar-refractivity contribution is -0.120. The van der Waals surface area contributed by atoms with E-state index in [2.05, 4.69) is 23.8 Å². The molecule has 1 aromatic carbocycles. The van der Waals surface area contributed by atoms with Crippen LogP contribution in [0.3, 0.4) is 0 Å². The van der Waals surface area contributed by atoms with E-state index in [1.165, 1.54) is 12.8 Å². The summed E-state index contributed by atoms with van der Waals surface area (Å²) in [6.07, 6.45) is 10.4. The van der Waals surface area contributed by atoms with Crippen molar-refractivity contribution in [2.24, 2.45) is 5.92 Å². The molecule has 1 aromatic heterocycles. The molecule has 0 N–H and O–H groups in total. The van der Waals surface area contributed by atoms with Crippen molar-refractivity contribution in [1.82, 2.24) is 14.9 Å². The van der Waals surface area contributed by atoms with Gasteiger partial charge in [0, 0.05) is 36.6 Å². The van der Waals surface area contributed by atoms with Crippen molar-refractivity contribution in [2.75, 3.05) is 43.6 Å². The number of piperidine rings is 1. The van der Waals surface area contributed by atoms with Crippen LogP contribution in [-0.4, -0.2) is 72.4 Å². The summed E-state index contributed by atoms with van der Waals surface area (Å²) in [5.41, 5.74) is 2.47. The maximum absolute atomic E-state index is 13.4. The molecule has 2 aliphatic heterocycles. The lowest BCUT2D eigenvalue weighted by Crippen LogP contribution is -2.56. The summed E-state index contributed by atoms with van der Waals surface area (Å²) in [5.74, 6) is 3.05. The molecular weight excluding hydrogens is 490 g/mol. The molecule has 1 atom stereocenters. The molecule has 2 fully saturated rings. The minimum absolute atomic E-state index is 0.151. The van der Waals surface area contributed by atoms with E-state index in [4.69, 9.17) is 14.7 Å². The van der Waals surface area contributed by atoms with Gasteiger partial charge in [0.2, 0.25) is 5.91 Å². The number of carbonyl (C=O) groups excluding carboxylic acids is 2. The number of ketones is 1. The van der Waals surface area contributed by atoms with Gasteiger partial charge in [0.1, 0.15) is 23.3 Å². The molecule has 1 aliphatic carbocycles. The van der Waals surface area contributed by atoms with Crippen LogP contribution in [0, 0.1) is 5.92 Å². The molecule has 1 saturated carbocycles. The van der Waals surface area contributed by atoms with Crippen LogP contribution in [0.4, 0.5) is 11.5 Å². The second-order valence-electron chi connectivity index (χ2n) is 11.4. The number of aromatic nitrogens is 2. The highest BCUT2D eigenvalue weighted by Gasteiger charge is 2.42. The minimum atomic E-state index is -0.187. The number of methoxy groups -OCH3 is 1. The SMILES string of the molecule is CC[C@@H]1C(=O)N(CC)c2cnc(Cc3ccc(C(=O)CC4CCN(C)CC4)cc3OC)nc2N1C1CCCC1. The standard InChI is InChI=1S/C31H43N5O3/c1-5-25-31(38)35(6-2)26-20-32-29(33-30(26)36(25)24-9-7-8-10-24)19-23-12-11-22(18-28(23)39-4)27(37)17-21-13-15-34(3)16-14-21/h11-12,18,20-21,24-25H,5-10,13-17,19H2,1-4H3/t25-/m1/s1. The van der Waals surface area contributed by atoms with Crippen LogP contribution in [0.15, 0.2) is 24.4 Å². The van der Waals surface area contributed by atoms with Crippen molar-refractivity contribution < 1.29 is 14.3 Å². The Kier molecular flexibility index (Phi) is 8.50. The molecule has 0 spiro atoms. The van der Waals surface area contributed by atoms with E-state index < -0.39 is 0 Å². The van der Waals surface area contributed by atoms with Gasteiger partial charge in [-0.25, -0.2) is 9.97 Å². The van der Waals surface area contributed by atoms with Crippen molar-refractivity contribution in [3.8, 4) is 5.75 Å². The quantitative estimate of drug-likeness (QED) is 0.425. The Morgan fingerprint density at radius 2 is 1.85 bits per heavy atom. The number of likely N-dealkylation sites (tertiary alicyclic amines) is 1. The maximum Gasteiger partial charge on any atom is 0.249 e. The second kappa shape index (κ2) is 12.0. The van der Waals surface area contributed by atoms with Crippen molar-refractivity contribution in [1.29, 1.82) is 0 Å². The van der Waals surface area contributed by atoms with Crippen molar-refractivity contribution >= 4 is 23.2 Å². The number of hydrogen-bond donors (Lipinski definition) is 0. The van der Waals surface area contributed by atoms with Crippen LogP contribution in [-0.2, 0) is 11.2 Å². The van der Waals surface area contributed by atoms with Crippen LogP contribution >= 0.6 is 0 Å². The molecule has 8 nitrogen and oxygen atoms in total. The summed E-state index contributed by atoms with van der Waals surface area (Å²) in [5, 5.41) is 0. The zero-order valence-corrected chi connectivity index (χ0v) is 24.0.